The predicted molar refractivity (Wildman–Crippen MR) is 70.8 cm³/mol. The van der Waals surface area contributed by atoms with Crippen LogP contribution in [-0.4, -0.2) is 51.8 Å². The first-order chi connectivity index (χ1) is 8.58. The summed E-state index contributed by atoms with van der Waals surface area (Å²) in [6.45, 7) is 7.45. The SMILES string of the molecule is CC(C)(NC(=O)N1CCCC(O)C1)C(C)(C)C(=O)O. The molecule has 3 N–H and O–H groups in total. The Hall–Kier alpha value is -1.30. The summed E-state index contributed by atoms with van der Waals surface area (Å²) in [7, 11) is 0. The van der Waals surface area contributed by atoms with E-state index in [4.69, 9.17) is 0 Å². The summed E-state index contributed by atoms with van der Waals surface area (Å²) in [4.78, 5) is 24.9. The molecule has 1 heterocycles. The Balaban J connectivity index is 2.72. The van der Waals surface area contributed by atoms with E-state index in [-0.39, 0.29) is 6.03 Å². The van der Waals surface area contributed by atoms with Crippen molar-refractivity contribution >= 4 is 12.0 Å². The third kappa shape index (κ3) is 3.37. The summed E-state index contributed by atoms with van der Waals surface area (Å²) >= 11 is 0. The molecule has 0 aromatic heterocycles. The molecule has 1 unspecified atom stereocenters. The van der Waals surface area contributed by atoms with Gasteiger partial charge in [-0.15, -0.1) is 0 Å². The van der Waals surface area contributed by atoms with Crippen LogP contribution in [0.5, 0.6) is 0 Å². The highest BCUT2D eigenvalue weighted by atomic mass is 16.4. The second-order valence-corrected chi connectivity index (χ2v) is 6.23. The third-order valence-electron chi connectivity index (χ3n) is 4.20. The number of nitrogens with zero attached hydrogens (tertiary/aromatic N) is 1. The highest BCUT2D eigenvalue weighted by Gasteiger charge is 2.45. The van der Waals surface area contributed by atoms with E-state index >= 15 is 0 Å². The van der Waals surface area contributed by atoms with Crippen molar-refractivity contribution in [3.05, 3.63) is 0 Å². The average Bonchev–Trinajstić information content (AvgIpc) is 2.27. The summed E-state index contributed by atoms with van der Waals surface area (Å²) in [5, 5.41) is 21.6. The number of piperidine rings is 1. The molecule has 0 radical (unpaired) electrons. The summed E-state index contributed by atoms with van der Waals surface area (Å²) in [5.41, 5.74) is -1.98. The number of rotatable bonds is 3. The Morgan fingerprint density at radius 1 is 1.26 bits per heavy atom. The number of likely N-dealkylation sites (tertiary alicyclic amines) is 1. The van der Waals surface area contributed by atoms with E-state index in [1.54, 1.807) is 27.7 Å². The molecule has 1 aliphatic rings. The highest BCUT2D eigenvalue weighted by molar-refractivity contribution is 5.79. The molecule has 6 nitrogen and oxygen atoms in total. The molecular formula is C13H24N2O4. The van der Waals surface area contributed by atoms with Crippen molar-refractivity contribution in [2.45, 2.75) is 52.2 Å². The monoisotopic (exact) mass is 272 g/mol. The van der Waals surface area contributed by atoms with E-state index in [0.29, 0.717) is 19.5 Å². The first-order valence-electron chi connectivity index (χ1n) is 6.56. The number of carbonyl (C=O) groups is 2. The molecule has 1 fully saturated rings. The van der Waals surface area contributed by atoms with Crippen molar-refractivity contribution in [3.63, 3.8) is 0 Å². The minimum atomic E-state index is -1.09. The fourth-order valence-electron chi connectivity index (χ4n) is 1.91. The second-order valence-electron chi connectivity index (χ2n) is 6.23. The average molecular weight is 272 g/mol. The fourth-order valence-corrected chi connectivity index (χ4v) is 1.91. The van der Waals surface area contributed by atoms with Gasteiger partial charge in [0.25, 0.3) is 0 Å². The van der Waals surface area contributed by atoms with Gasteiger partial charge in [0, 0.05) is 13.1 Å². The summed E-state index contributed by atoms with van der Waals surface area (Å²) < 4.78 is 0. The van der Waals surface area contributed by atoms with Crippen molar-refractivity contribution in [3.8, 4) is 0 Å². The zero-order valence-electron chi connectivity index (χ0n) is 12.1. The molecule has 19 heavy (non-hydrogen) atoms. The van der Waals surface area contributed by atoms with Crippen LogP contribution in [0.4, 0.5) is 4.79 Å². The molecule has 1 aliphatic heterocycles. The lowest BCUT2D eigenvalue weighted by molar-refractivity contribution is -0.150. The van der Waals surface area contributed by atoms with Gasteiger partial charge < -0.3 is 20.4 Å². The van der Waals surface area contributed by atoms with Gasteiger partial charge in [-0.05, 0) is 40.5 Å². The maximum atomic E-state index is 12.1. The molecule has 110 valence electrons. The quantitative estimate of drug-likeness (QED) is 0.716. The molecule has 0 aliphatic carbocycles. The van der Waals surface area contributed by atoms with Crippen LogP contribution in [0.15, 0.2) is 0 Å². The summed E-state index contributed by atoms with van der Waals surface area (Å²) in [5.74, 6) is -0.962. The molecule has 2 amide bonds. The van der Waals surface area contributed by atoms with Crippen LogP contribution in [0, 0.1) is 5.41 Å². The first kappa shape index (κ1) is 15.8. The largest absolute Gasteiger partial charge is 0.481 e. The molecule has 0 aromatic carbocycles. The molecule has 6 heteroatoms. The van der Waals surface area contributed by atoms with Gasteiger partial charge in [0.15, 0.2) is 0 Å². The molecule has 0 bridgehead atoms. The van der Waals surface area contributed by atoms with Crippen LogP contribution in [0.3, 0.4) is 0 Å². The van der Waals surface area contributed by atoms with Gasteiger partial charge in [-0.1, -0.05) is 0 Å². The van der Waals surface area contributed by atoms with E-state index < -0.39 is 23.0 Å². The number of carboxylic acid groups (broad SMARTS) is 1. The van der Waals surface area contributed by atoms with Crippen LogP contribution in [0.1, 0.15) is 40.5 Å². The number of amides is 2. The van der Waals surface area contributed by atoms with Gasteiger partial charge >= 0.3 is 12.0 Å². The number of aliphatic hydroxyl groups excluding tert-OH is 1. The van der Waals surface area contributed by atoms with Crippen LogP contribution in [0.25, 0.3) is 0 Å². The van der Waals surface area contributed by atoms with Gasteiger partial charge in [0.2, 0.25) is 0 Å². The Bertz CT molecular complexity index is 366. The van der Waals surface area contributed by atoms with E-state index in [1.807, 2.05) is 0 Å². The van der Waals surface area contributed by atoms with Crippen molar-refractivity contribution in [1.29, 1.82) is 0 Å². The molecular weight excluding hydrogens is 248 g/mol. The molecule has 1 atom stereocenters. The predicted octanol–water partition coefficient (Wildman–Crippen LogP) is 1.04. The standard InChI is InChI=1S/C13H24N2O4/c1-12(2,10(17)18)13(3,4)14-11(19)15-7-5-6-9(16)8-15/h9,16H,5-8H2,1-4H3,(H,14,19)(H,17,18). The minimum Gasteiger partial charge on any atom is -0.481 e. The topological polar surface area (TPSA) is 89.9 Å². The number of hydrogen-bond acceptors (Lipinski definition) is 3. The van der Waals surface area contributed by atoms with Crippen molar-refractivity contribution in [2.24, 2.45) is 5.41 Å². The Morgan fingerprint density at radius 3 is 2.32 bits per heavy atom. The van der Waals surface area contributed by atoms with Crippen LogP contribution >= 0.6 is 0 Å². The smallest absolute Gasteiger partial charge is 0.317 e. The van der Waals surface area contributed by atoms with E-state index in [1.165, 1.54) is 4.90 Å². The molecule has 1 saturated heterocycles. The summed E-state index contributed by atoms with van der Waals surface area (Å²) in [6.07, 6.45) is 0.973. The number of nitrogens with one attached hydrogen (secondary N) is 1. The van der Waals surface area contributed by atoms with Crippen molar-refractivity contribution < 1.29 is 19.8 Å². The second kappa shape index (κ2) is 5.36. The number of aliphatic carboxylic acids is 1. The number of urea groups is 1. The Morgan fingerprint density at radius 2 is 1.84 bits per heavy atom. The van der Waals surface area contributed by atoms with Crippen LogP contribution in [-0.2, 0) is 4.79 Å². The summed E-state index contributed by atoms with van der Waals surface area (Å²) in [6, 6.07) is -0.321. The molecule has 0 aromatic rings. The van der Waals surface area contributed by atoms with Gasteiger partial charge in [-0.3, -0.25) is 4.79 Å². The fraction of sp³-hybridized carbons (Fsp3) is 0.846. The minimum absolute atomic E-state index is 0.301. The number of aliphatic hydroxyl groups is 1. The number of β-amino-alcohol motifs (C(OH)–C–C–N with tert-alkyl or cyclic N) is 1. The molecule has 0 spiro atoms. The van der Waals surface area contributed by atoms with Gasteiger partial charge in [0.05, 0.1) is 17.1 Å². The normalized spacial score (nSPS) is 21.1. The van der Waals surface area contributed by atoms with Gasteiger partial charge in [0.1, 0.15) is 0 Å². The highest BCUT2D eigenvalue weighted by Crippen LogP contribution is 2.31. The number of carbonyl (C=O) groups excluding carboxylic acids is 1. The Kier molecular flexibility index (Phi) is 4.45. The van der Waals surface area contributed by atoms with Crippen molar-refractivity contribution in [2.75, 3.05) is 13.1 Å². The lowest BCUT2D eigenvalue weighted by Gasteiger charge is -2.41. The first-order valence-corrected chi connectivity index (χ1v) is 6.56. The van der Waals surface area contributed by atoms with E-state index in [9.17, 15) is 19.8 Å². The van der Waals surface area contributed by atoms with Crippen LogP contribution < -0.4 is 5.32 Å². The lowest BCUT2D eigenvalue weighted by Crippen LogP contribution is -2.60. The molecule has 1 rings (SSSR count). The van der Waals surface area contributed by atoms with Crippen LogP contribution in [0.2, 0.25) is 0 Å². The lowest BCUT2D eigenvalue weighted by atomic mass is 9.74. The molecule has 0 saturated carbocycles. The maximum absolute atomic E-state index is 12.1. The zero-order valence-corrected chi connectivity index (χ0v) is 12.1. The van der Waals surface area contributed by atoms with Crippen molar-refractivity contribution in [1.82, 2.24) is 10.2 Å². The Labute approximate surface area is 113 Å². The maximum Gasteiger partial charge on any atom is 0.317 e. The number of carboxylic acids is 1. The van der Waals surface area contributed by atoms with Gasteiger partial charge in [-0.25, -0.2) is 4.79 Å². The zero-order chi connectivity index (χ0) is 14.8. The van der Waals surface area contributed by atoms with E-state index in [2.05, 4.69) is 5.32 Å². The third-order valence-corrected chi connectivity index (χ3v) is 4.20. The van der Waals surface area contributed by atoms with Gasteiger partial charge in [-0.2, -0.15) is 0 Å². The van der Waals surface area contributed by atoms with E-state index in [0.717, 1.165) is 6.42 Å². The number of hydrogen-bond donors (Lipinski definition) is 3.